The monoisotopic (exact) mass is 242 g/mol. The summed E-state index contributed by atoms with van der Waals surface area (Å²) in [6, 6.07) is 0. The summed E-state index contributed by atoms with van der Waals surface area (Å²) in [5.41, 5.74) is 9.71. The van der Waals surface area contributed by atoms with Crippen LogP contribution < -0.4 is 16.8 Å². The van der Waals surface area contributed by atoms with E-state index in [4.69, 9.17) is 11.5 Å². The van der Waals surface area contributed by atoms with Gasteiger partial charge in [-0.05, 0) is 13.3 Å². The second-order valence-corrected chi connectivity index (χ2v) is 4.47. The molecule has 1 aliphatic heterocycles. The number of nitrogens with zero attached hydrogens (tertiary/aromatic N) is 1. The minimum Gasteiger partial charge on any atom is -0.369 e. The van der Waals surface area contributed by atoms with Gasteiger partial charge in [-0.3, -0.25) is 14.4 Å². The number of hydrogen-bond donors (Lipinski definition) is 3. The molecule has 0 radical (unpaired) electrons. The van der Waals surface area contributed by atoms with Crippen LogP contribution in [0, 0.1) is 5.41 Å². The number of nitrogens with one attached hydrogen (secondary N) is 1. The quantitative estimate of drug-likeness (QED) is 0.517. The number of hydrogen-bond acceptors (Lipinski definition) is 4. The average molecular weight is 242 g/mol. The van der Waals surface area contributed by atoms with E-state index >= 15 is 0 Å². The Morgan fingerprint density at radius 3 is 2.53 bits per heavy atom. The molecule has 3 amide bonds. The summed E-state index contributed by atoms with van der Waals surface area (Å²) in [5.74, 6) is -1.01. The Bertz CT molecular complexity index is 344. The fourth-order valence-electron chi connectivity index (χ4n) is 1.73. The first kappa shape index (κ1) is 13.4. The van der Waals surface area contributed by atoms with Crippen LogP contribution in [0.4, 0.5) is 0 Å². The molecule has 96 valence electrons. The normalized spacial score (nSPS) is 23.5. The van der Waals surface area contributed by atoms with Gasteiger partial charge in [0.05, 0.1) is 18.5 Å². The number of carbonyl (C=O) groups is 3. The minimum absolute atomic E-state index is 0.0924. The fourth-order valence-corrected chi connectivity index (χ4v) is 1.73. The number of likely N-dealkylation sites (tertiary alicyclic amines) is 1. The lowest BCUT2D eigenvalue weighted by Gasteiger charge is -2.21. The summed E-state index contributed by atoms with van der Waals surface area (Å²) in [7, 11) is 0. The van der Waals surface area contributed by atoms with Crippen LogP contribution in [0.25, 0.3) is 0 Å². The third-order valence-electron chi connectivity index (χ3n) is 3.04. The lowest BCUT2D eigenvalue weighted by Crippen LogP contribution is -2.43. The van der Waals surface area contributed by atoms with Crippen molar-refractivity contribution in [3.05, 3.63) is 0 Å². The van der Waals surface area contributed by atoms with Crippen molar-refractivity contribution in [3.8, 4) is 0 Å². The molecule has 1 heterocycles. The van der Waals surface area contributed by atoms with Crippen LogP contribution >= 0.6 is 0 Å². The summed E-state index contributed by atoms with van der Waals surface area (Å²) < 4.78 is 0. The Morgan fingerprint density at radius 2 is 2.06 bits per heavy atom. The fraction of sp³-hybridized carbons (Fsp3) is 0.700. The molecule has 0 spiro atoms. The zero-order chi connectivity index (χ0) is 13.1. The van der Waals surface area contributed by atoms with Gasteiger partial charge in [-0.1, -0.05) is 0 Å². The van der Waals surface area contributed by atoms with E-state index in [2.05, 4.69) is 5.32 Å². The van der Waals surface area contributed by atoms with Crippen LogP contribution in [0.2, 0.25) is 0 Å². The first-order chi connectivity index (χ1) is 7.89. The molecule has 0 bridgehead atoms. The average Bonchev–Trinajstić information content (AvgIpc) is 2.69. The van der Waals surface area contributed by atoms with E-state index in [1.807, 2.05) is 0 Å². The zero-order valence-corrected chi connectivity index (χ0v) is 9.86. The number of rotatable bonds is 4. The van der Waals surface area contributed by atoms with Crippen LogP contribution in [0.15, 0.2) is 0 Å². The van der Waals surface area contributed by atoms with E-state index in [0.29, 0.717) is 19.5 Å². The van der Waals surface area contributed by atoms with Gasteiger partial charge in [0.1, 0.15) is 0 Å². The predicted molar refractivity (Wildman–Crippen MR) is 60.6 cm³/mol. The summed E-state index contributed by atoms with van der Waals surface area (Å²) >= 11 is 0. The third kappa shape index (κ3) is 3.16. The Kier molecular flexibility index (Phi) is 4.06. The van der Waals surface area contributed by atoms with Gasteiger partial charge in [-0.2, -0.15) is 0 Å². The molecule has 1 aliphatic rings. The summed E-state index contributed by atoms with van der Waals surface area (Å²) in [4.78, 5) is 35.3. The third-order valence-corrected chi connectivity index (χ3v) is 3.04. The number of nitrogens with two attached hydrogens (primary N) is 2. The second-order valence-electron chi connectivity index (χ2n) is 4.47. The van der Waals surface area contributed by atoms with Crippen LogP contribution in [0.1, 0.15) is 13.3 Å². The molecular weight excluding hydrogens is 224 g/mol. The van der Waals surface area contributed by atoms with Gasteiger partial charge in [0.25, 0.3) is 0 Å². The van der Waals surface area contributed by atoms with Crippen molar-refractivity contribution in [2.24, 2.45) is 16.9 Å². The van der Waals surface area contributed by atoms with Crippen LogP contribution in [-0.2, 0) is 14.4 Å². The summed E-state index contributed by atoms with van der Waals surface area (Å²) in [5, 5.41) is 2.39. The topological polar surface area (TPSA) is 119 Å². The van der Waals surface area contributed by atoms with Crippen molar-refractivity contribution in [1.82, 2.24) is 10.2 Å². The molecule has 1 atom stereocenters. The smallest absolute Gasteiger partial charge is 0.241 e. The molecule has 0 saturated carbocycles. The van der Waals surface area contributed by atoms with E-state index in [1.54, 1.807) is 6.92 Å². The van der Waals surface area contributed by atoms with E-state index in [1.165, 1.54) is 4.90 Å². The molecule has 1 unspecified atom stereocenters. The molecule has 1 rings (SSSR count). The predicted octanol–water partition coefficient (Wildman–Crippen LogP) is -2.21. The highest BCUT2D eigenvalue weighted by atomic mass is 16.2. The number of amides is 3. The van der Waals surface area contributed by atoms with Gasteiger partial charge in [-0.25, -0.2) is 0 Å². The summed E-state index contributed by atoms with van der Waals surface area (Å²) in [6.45, 7) is 2.29. The van der Waals surface area contributed by atoms with Crippen molar-refractivity contribution < 1.29 is 14.4 Å². The molecule has 0 aromatic heterocycles. The van der Waals surface area contributed by atoms with Gasteiger partial charge in [0.2, 0.25) is 17.7 Å². The lowest BCUT2D eigenvalue weighted by molar-refractivity contribution is -0.133. The van der Waals surface area contributed by atoms with Crippen molar-refractivity contribution in [1.29, 1.82) is 0 Å². The highest BCUT2D eigenvalue weighted by Gasteiger charge is 2.40. The summed E-state index contributed by atoms with van der Waals surface area (Å²) in [6.07, 6.45) is 0.554. The van der Waals surface area contributed by atoms with Gasteiger partial charge in [-0.15, -0.1) is 0 Å². The maximum atomic E-state index is 11.7. The first-order valence-electron chi connectivity index (χ1n) is 5.43. The molecule has 0 aliphatic carbocycles. The minimum atomic E-state index is -0.659. The van der Waals surface area contributed by atoms with Crippen LogP contribution in [0.5, 0.6) is 0 Å². The van der Waals surface area contributed by atoms with Crippen molar-refractivity contribution in [2.75, 3.05) is 26.2 Å². The van der Waals surface area contributed by atoms with Gasteiger partial charge < -0.3 is 21.7 Å². The molecular formula is C10H18N4O3. The highest BCUT2D eigenvalue weighted by molar-refractivity contribution is 5.87. The zero-order valence-electron chi connectivity index (χ0n) is 9.86. The number of primary amides is 1. The van der Waals surface area contributed by atoms with Gasteiger partial charge in [0, 0.05) is 13.1 Å². The van der Waals surface area contributed by atoms with Crippen LogP contribution in [0.3, 0.4) is 0 Å². The second kappa shape index (κ2) is 5.13. The molecule has 1 saturated heterocycles. The maximum absolute atomic E-state index is 11.7. The Morgan fingerprint density at radius 1 is 1.41 bits per heavy atom. The van der Waals surface area contributed by atoms with Crippen molar-refractivity contribution >= 4 is 17.7 Å². The maximum Gasteiger partial charge on any atom is 0.241 e. The highest BCUT2D eigenvalue weighted by Crippen LogP contribution is 2.29. The van der Waals surface area contributed by atoms with E-state index in [0.717, 1.165) is 0 Å². The molecule has 1 fully saturated rings. The van der Waals surface area contributed by atoms with Gasteiger partial charge in [0.15, 0.2) is 0 Å². The van der Waals surface area contributed by atoms with Crippen molar-refractivity contribution in [2.45, 2.75) is 13.3 Å². The van der Waals surface area contributed by atoms with E-state index < -0.39 is 11.3 Å². The Labute approximate surface area is 99.5 Å². The standard InChI is InChI=1S/C10H18N4O3/c1-10(9(12)17)2-3-14(6-10)8(16)5-13-7(15)4-11/h2-6,11H2,1H3,(H2,12,17)(H,13,15). The van der Waals surface area contributed by atoms with Crippen molar-refractivity contribution in [3.63, 3.8) is 0 Å². The molecule has 7 heteroatoms. The van der Waals surface area contributed by atoms with E-state index in [9.17, 15) is 14.4 Å². The Hall–Kier alpha value is -1.63. The largest absolute Gasteiger partial charge is 0.369 e. The first-order valence-corrected chi connectivity index (χ1v) is 5.43. The van der Waals surface area contributed by atoms with Gasteiger partial charge >= 0.3 is 0 Å². The molecule has 7 nitrogen and oxygen atoms in total. The molecule has 0 aromatic carbocycles. The van der Waals surface area contributed by atoms with Crippen LogP contribution in [-0.4, -0.2) is 48.8 Å². The Balaban J connectivity index is 2.46. The molecule has 17 heavy (non-hydrogen) atoms. The van der Waals surface area contributed by atoms with E-state index in [-0.39, 0.29) is 24.9 Å². The SMILES string of the molecule is CC1(C(N)=O)CCN(C(=O)CNC(=O)CN)C1. The lowest BCUT2D eigenvalue weighted by atomic mass is 9.89. The number of carbonyl (C=O) groups excluding carboxylic acids is 3. The molecule has 0 aromatic rings. The molecule has 5 N–H and O–H groups in total.